The van der Waals surface area contributed by atoms with Gasteiger partial charge in [-0.05, 0) is 6.08 Å². The molecule has 0 saturated carbocycles. The van der Waals surface area contributed by atoms with Crippen LogP contribution in [-0.2, 0) is 22.7 Å². The Morgan fingerprint density at radius 1 is 1.42 bits per heavy atom. The number of aliphatic hydroxyl groups is 1. The highest BCUT2D eigenvalue weighted by molar-refractivity contribution is 7.60. The molecule has 7 N–H and O–H groups in total. The molecule has 1 fully saturated rings. The number of rotatable bonds is 6. The minimum Gasteiger partial charge on any atom is -0.390 e. The van der Waals surface area contributed by atoms with Crippen molar-refractivity contribution in [3.63, 3.8) is 0 Å². The molecular formula is C9H17N3O10P2. The molecule has 0 aromatic carbocycles. The third-order valence-electron chi connectivity index (χ3n) is 3.10. The molecule has 0 radical (unpaired) electrons. The van der Waals surface area contributed by atoms with Crippen LogP contribution in [0.15, 0.2) is 12.3 Å². The van der Waals surface area contributed by atoms with Crippen molar-refractivity contribution in [2.45, 2.75) is 31.0 Å². The van der Waals surface area contributed by atoms with Crippen LogP contribution < -0.4 is 11.1 Å². The summed E-state index contributed by atoms with van der Waals surface area (Å²) in [7, 11) is -10.3. The average Bonchev–Trinajstić information content (AvgIpc) is 2.75. The lowest BCUT2D eigenvalue weighted by atomic mass is 10.2. The summed E-state index contributed by atoms with van der Waals surface area (Å²) in [6.45, 7) is -0.690. The molecule has 15 heteroatoms. The Kier molecular flexibility index (Phi) is 5.83. The van der Waals surface area contributed by atoms with Crippen molar-refractivity contribution >= 4 is 21.7 Å². The van der Waals surface area contributed by atoms with E-state index in [1.54, 1.807) is 0 Å². The monoisotopic (exact) mass is 389 g/mol. The SMILES string of the molecule is N[C@@H]1C=CN([C@@H]2C[C@@H](O)[C@H](COP(=O)(O)OP(=O)(O)O)O2)C(=O)N1. The summed E-state index contributed by atoms with van der Waals surface area (Å²) in [5.41, 5.74) is 5.49. The van der Waals surface area contributed by atoms with Crippen molar-refractivity contribution in [1.29, 1.82) is 0 Å². The van der Waals surface area contributed by atoms with Crippen molar-refractivity contribution in [3.05, 3.63) is 12.3 Å². The van der Waals surface area contributed by atoms with Crippen LogP contribution in [0.1, 0.15) is 6.42 Å². The predicted molar refractivity (Wildman–Crippen MR) is 75.7 cm³/mol. The van der Waals surface area contributed by atoms with Gasteiger partial charge in [-0.2, -0.15) is 4.31 Å². The molecule has 0 aromatic rings. The second kappa shape index (κ2) is 7.18. The molecule has 2 aliphatic rings. The van der Waals surface area contributed by atoms with Crippen LogP contribution >= 0.6 is 15.6 Å². The molecule has 2 amide bonds. The molecule has 2 heterocycles. The van der Waals surface area contributed by atoms with Crippen LogP contribution in [0.2, 0.25) is 0 Å². The summed E-state index contributed by atoms with van der Waals surface area (Å²) in [5, 5.41) is 12.3. The quantitative estimate of drug-likeness (QED) is 0.289. The standard InChI is InChI=1S/C9H17N3O10P2/c10-7-1-2-12(9(14)11-7)8-3-5(13)6(21-8)4-20-24(18,19)22-23(15,16)17/h1-2,5-8,13H,3-4,10H2,(H,11,14)(H,18,19)(H2,15,16,17)/t5-,6+,7+,8+/m1/s1. The van der Waals surface area contributed by atoms with E-state index >= 15 is 0 Å². The van der Waals surface area contributed by atoms with Gasteiger partial charge in [-0.25, -0.2) is 13.9 Å². The van der Waals surface area contributed by atoms with Gasteiger partial charge in [0.15, 0.2) is 0 Å². The molecule has 0 bridgehead atoms. The molecule has 138 valence electrons. The second-order valence-corrected chi connectivity index (χ2v) is 7.82. The van der Waals surface area contributed by atoms with Crippen molar-refractivity contribution in [2.75, 3.05) is 6.61 Å². The number of nitrogens with zero attached hydrogens (tertiary/aromatic N) is 1. The van der Waals surface area contributed by atoms with E-state index < -0.39 is 52.9 Å². The lowest BCUT2D eigenvalue weighted by Gasteiger charge is -2.30. The third kappa shape index (κ3) is 5.33. The second-order valence-electron chi connectivity index (χ2n) is 4.99. The molecule has 2 aliphatic heterocycles. The van der Waals surface area contributed by atoms with Crippen LogP contribution in [0.4, 0.5) is 4.79 Å². The predicted octanol–water partition coefficient (Wildman–Crippen LogP) is -1.49. The molecule has 24 heavy (non-hydrogen) atoms. The number of phosphoric ester groups is 1. The molecule has 0 aromatic heterocycles. The van der Waals surface area contributed by atoms with Gasteiger partial charge in [-0.15, -0.1) is 0 Å². The number of nitrogens with two attached hydrogens (primary N) is 1. The Hall–Kier alpha value is -0.850. The normalized spacial score (nSPS) is 33.4. The third-order valence-corrected chi connectivity index (χ3v) is 5.26. The number of hydrogen-bond donors (Lipinski definition) is 6. The van der Waals surface area contributed by atoms with Crippen LogP contribution in [0.3, 0.4) is 0 Å². The van der Waals surface area contributed by atoms with E-state index in [1.807, 2.05) is 0 Å². The molecule has 1 saturated heterocycles. The zero-order valence-electron chi connectivity index (χ0n) is 12.0. The molecule has 0 aliphatic carbocycles. The number of urea groups is 1. The Bertz CT molecular complexity index is 608. The number of nitrogens with one attached hydrogen (secondary N) is 1. The van der Waals surface area contributed by atoms with Crippen LogP contribution in [0.5, 0.6) is 0 Å². The van der Waals surface area contributed by atoms with E-state index in [-0.39, 0.29) is 6.42 Å². The number of ether oxygens (including phenoxy) is 1. The van der Waals surface area contributed by atoms with Gasteiger partial charge in [-0.1, -0.05) is 0 Å². The zero-order valence-corrected chi connectivity index (χ0v) is 13.8. The van der Waals surface area contributed by atoms with Gasteiger partial charge in [0, 0.05) is 12.6 Å². The van der Waals surface area contributed by atoms with Crippen LogP contribution in [-0.4, -0.2) is 61.9 Å². The number of carbonyl (C=O) groups excluding carboxylic acids is 1. The maximum absolute atomic E-state index is 11.8. The van der Waals surface area contributed by atoms with Crippen molar-refractivity contribution < 1.29 is 47.3 Å². The van der Waals surface area contributed by atoms with Crippen molar-refractivity contribution in [1.82, 2.24) is 10.2 Å². The number of hydrogen-bond acceptors (Lipinski definition) is 8. The topological polar surface area (TPSA) is 201 Å². The molecule has 1 unspecified atom stereocenters. The summed E-state index contributed by atoms with van der Waals surface area (Å²) in [4.78, 5) is 39.1. The van der Waals surface area contributed by atoms with E-state index in [9.17, 15) is 19.0 Å². The number of amides is 2. The van der Waals surface area contributed by atoms with E-state index in [0.29, 0.717) is 0 Å². The molecular weight excluding hydrogens is 372 g/mol. The fourth-order valence-electron chi connectivity index (χ4n) is 2.11. The van der Waals surface area contributed by atoms with Gasteiger partial charge in [0.05, 0.1) is 18.9 Å². The minimum absolute atomic E-state index is 0.0178. The van der Waals surface area contributed by atoms with Gasteiger partial charge in [-0.3, -0.25) is 9.42 Å². The Labute approximate surface area is 135 Å². The summed E-state index contributed by atoms with van der Waals surface area (Å²) in [6.07, 6.45) is -0.956. The number of phosphoric acid groups is 2. The molecule has 2 rings (SSSR count). The van der Waals surface area contributed by atoms with Gasteiger partial charge >= 0.3 is 21.7 Å². The van der Waals surface area contributed by atoms with E-state index in [4.69, 9.17) is 25.2 Å². The lowest BCUT2D eigenvalue weighted by Crippen LogP contribution is -2.52. The summed E-state index contributed by atoms with van der Waals surface area (Å²) >= 11 is 0. The van der Waals surface area contributed by atoms with Gasteiger partial charge in [0.1, 0.15) is 12.3 Å². The lowest BCUT2D eigenvalue weighted by molar-refractivity contribution is -0.0533. The van der Waals surface area contributed by atoms with Gasteiger partial charge < -0.3 is 35.6 Å². The smallest absolute Gasteiger partial charge is 0.390 e. The van der Waals surface area contributed by atoms with Crippen LogP contribution in [0, 0.1) is 0 Å². The largest absolute Gasteiger partial charge is 0.481 e. The zero-order chi connectivity index (χ0) is 18.1. The number of aliphatic hydroxyl groups excluding tert-OH is 1. The van der Waals surface area contributed by atoms with Crippen molar-refractivity contribution in [3.8, 4) is 0 Å². The molecule has 0 spiro atoms. The summed E-state index contributed by atoms with van der Waals surface area (Å²) in [6, 6.07) is -0.554. The fraction of sp³-hybridized carbons (Fsp3) is 0.667. The molecule has 5 atom stereocenters. The first-order valence-corrected chi connectivity index (χ1v) is 9.60. The number of carbonyl (C=O) groups is 1. The highest BCUT2D eigenvalue weighted by atomic mass is 31.3. The van der Waals surface area contributed by atoms with E-state index in [1.165, 1.54) is 12.3 Å². The van der Waals surface area contributed by atoms with Crippen LogP contribution in [0.25, 0.3) is 0 Å². The summed E-state index contributed by atoms with van der Waals surface area (Å²) < 4.78 is 35.3. The first-order chi connectivity index (χ1) is 11.0. The first-order valence-electron chi connectivity index (χ1n) is 6.57. The first kappa shape index (κ1) is 19.5. The molecule has 13 nitrogen and oxygen atoms in total. The highest BCUT2D eigenvalue weighted by Crippen LogP contribution is 2.57. The fourth-order valence-corrected chi connectivity index (χ4v) is 3.71. The average molecular weight is 389 g/mol. The maximum atomic E-state index is 11.8. The van der Waals surface area contributed by atoms with Gasteiger partial charge in [0.2, 0.25) is 0 Å². The Morgan fingerprint density at radius 3 is 2.67 bits per heavy atom. The summed E-state index contributed by atoms with van der Waals surface area (Å²) in [5.74, 6) is 0. The van der Waals surface area contributed by atoms with Gasteiger partial charge in [0.25, 0.3) is 0 Å². The Morgan fingerprint density at radius 2 is 2.08 bits per heavy atom. The highest BCUT2D eigenvalue weighted by Gasteiger charge is 2.41. The van der Waals surface area contributed by atoms with E-state index in [0.717, 1.165) is 4.90 Å². The Balaban J connectivity index is 1.92. The van der Waals surface area contributed by atoms with E-state index in [2.05, 4.69) is 14.2 Å². The van der Waals surface area contributed by atoms with Crippen molar-refractivity contribution in [2.24, 2.45) is 5.73 Å². The minimum atomic E-state index is -5.24. The maximum Gasteiger partial charge on any atom is 0.481 e.